The summed E-state index contributed by atoms with van der Waals surface area (Å²) in [5.74, 6) is 0.522. The number of rotatable bonds is 4. The normalized spacial score (nSPS) is 13.4. The Morgan fingerprint density at radius 1 is 1.37 bits per heavy atom. The minimum absolute atomic E-state index is 0.0950. The molecule has 1 heterocycles. The van der Waals surface area contributed by atoms with Gasteiger partial charge in [0.05, 0.1) is 4.92 Å². The van der Waals surface area contributed by atoms with Crippen LogP contribution in [0.15, 0.2) is 36.1 Å². The average molecular weight is 267 g/mol. The van der Waals surface area contributed by atoms with Crippen LogP contribution in [0.2, 0.25) is 0 Å². The van der Waals surface area contributed by atoms with Crippen molar-refractivity contribution in [2.24, 2.45) is 0 Å². The Morgan fingerprint density at radius 3 is 2.68 bits per heavy atom. The molecule has 19 heavy (non-hydrogen) atoms. The number of ether oxygens (including phenoxy) is 2. The van der Waals surface area contributed by atoms with Gasteiger partial charge in [-0.1, -0.05) is 0 Å². The Labute approximate surface area is 107 Å². The lowest BCUT2D eigenvalue weighted by molar-refractivity contribution is -0.384. The molecular formula is C11H9NO7. The van der Waals surface area contributed by atoms with Crippen LogP contribution in [0, 0.1) is 10.1 Å². The number of benzene rings is 1. The number of carbonyl (C=O) groups excluding carboxylic acids is 1. The lowest BCUT2D eigenvalue weighted by Crippen LogP contribution is -2.12. The van der Waals surface area contributed by atoms with Crippen molar-refractivity contribution in [3.05, 3.63) is 46.2 Å². The zero-order chi connectivity index (χ0) is 13.7. The number of non-ortho nitro benzene ring substituents is 1. The molecule has 1 aromatic carbocycles. The second kappa shape index (κ2) is 5.83. The fourth-order valence-electron chi connectivity index (χ4n) is 1.25. The van der Waals surface area contributed by atoms with Crippen molar-refractivity contribution in [2.45, 2.75) is 0 Å². The highest BCUT2D eigenvalue weighted by molar-refractivity contribution is 5.64. The van der Waals surface area contributed by atoms with Gasteiger partial charge in [-0.2, -0.15) is 4.89 Å². The molecule has 8 nitrogen and oxygen atoms in total. The van der Waals surface area contributed by atoms with E-state index in [2.05, 4.69) is 9.78 Å². The van der Waals surface area contributed by atoms with E-state index in [1.165, 1.54) is 24.3 Å². The van der Waals surface area contributed by atoms with E-state index >= 15 is 0 Å². The molecule has 1 aliphatic rings. The smallest absolute Gasteiger partial charge is 0.426 e. The first-order chi connectivity index (χ1) is 9.15. The van der Waals surface area contributed by atoms with E-state index in [4.69, 9.17) is 9.47 Å². The monoisotopic (exact) mass is 267 g/mol. The minimum atomic E-state index is -0.940. The van der Waals surface area contributed by atoms with Gasteiger partial charge in [0.1, 0.15) is 12.4 Å². The van der Waals surface area contributed by atoms with Gasteiger partial charge in [0.2, 0.25) is 0 Å². The minimum Gasteiger partial charge on any atom is -0.426 e. The molecule has 0 N–H and O–H groups in total. The highest BCUT2D eigenvalue weighted by Gasteiger charge is 2.13. The molecule has 0 saturated carbocycles. The number of nitrogens with zero attached hydrogens (tertiary/aromatic N) is 1. The predicted molar refractivity (Wildman–Crippen MR) is 60.2 cm³/mol. The first-order valence-corrected chi connectivity index (χ1v) is 5.23. The molecule has 8 heteroatoms. The summed E-state index contributed by atoms with van der Waals surface area (Å²) in [5, 5.41) is 10.4. The summed E-state index contributed by atoms with van der Waals surface area (Å²) in [6, 6.07) is 5.04. The Kier molecular flexibility index (Phi) is 3.94. The standard InChI is InChI=1S/C11H9NO7/c13-11(16-7-10-5-6-17-19-10)18-9-3-1-8(2-4-9)12(14)15/h1-5H,6-7H2. The van der Waals surface area contributed by atoms with Gasteiger partial charge in [-0.15, -0.1) is 0 Å². The lowest BCUT2D eigenvalue weighted by atomic mass is 10.3. The van der Waals surface area contributed by atoms with Crippen LogP contribution < -0.4 is 4.74 Å². The molecule has 0 aliphatic carbocycles. The molecule has 100 valence electrons. The molecule has 2 rings (SSSR count). The highest BCUT2D eigenvalue weighted by Crippen LogP contribution is 2.17. The molecule has 0 spiro atoms. The summed E-state index contributed by atoms with van der Waals surface area (Å²) in [4.78, 5) is 30.4. The summed E-state index contributed by atoms with van der Waals surface area (Å²) >= 11 is 0. The summed E-state index contributed by atoms with van der Waals surface area (Å²) in [6.45, 7) is 0.196. The van der Waals surface area contributed by atoms with Crippen molar-refractivity contribution >= 4 is 11.8 Å². The van der Waals surface area contributed by atoms with Crippen LogP contribution in [0.4, 0.5) is 10.5 Å². The molecule has 0 fully saturated rings. The Morgan fingerprint density at radius 2 is 2.11 bits per heavy atom. The van der Waals surface area contributed by atoms with Crippen molar-refractivity contribution in [2.75, 3.05) is 13.2 Å². The number of hydrogen-bond donors (Lipinski definition) is 0. The van der Waals surface area contributed by atoms with Gasteiger partial charge in [-0.3, -0.25) is 10.1 Å². The number of nitro benzene ring substituents is 1. The third-order valence-electron chi connectivity index (χ3n) is 2.13. The van der Waals surface area contributed by atoms with Gasteiger partial charge in [0.15, 0.2) is 12.4 Å². The van der Waals surface area contributed by atoms with Crippen molar-refractivity contribution in [1.82, 2.24) is 0 Å². The summed E-state index contributed by atoms with van der Waals surface area (Å²) in [7, 11) is 0. The van der Waals surface area contributed by atoms with Gasteiger partial charge in [-0.05, 0) is 18.2 Å². The second-order valence-corrected chi connectivity index (χ2v) is 3.43. The van der Waals surface area contributed by atoms with Gasteiger partial charge in [0, 0.05) is 12.1 Å². The number of nitro groups is 1. The maximum absolute atomic E-state index is 11.3. The third kappa shape index (κ3) is 3.68. The largest absolute Gasteiger partial charge is 0.514 e. The Bertz CT molecular complexity index is 508. The zero-order valence-corrected chi connectivity index (χ0v) is 9.61. The summed E-state index contributed by atoms with van der Waals surface area (Å²) < 4.78 is 9.54. The molecule has 0 amide bonds. The second-order valence-electron chi connectivity index (χ2n) is 3.43. The third-order valence-corrected chi connectivity index (χ3v) is 2.13. The molecule has 0 radical (unpaired) electrons. The maximum atomic E-state index is 11.3. The van der Waals surface area contributed by atoms with E-state index < -0.39 is 11.1 Å². The summed E-state index contributed by atoms with van der Waals surface area (Å²) in [5.41, 5.74) is -0.0950. The van der Waals surface area contributed by atoms with Gasteiger partial charge < -0.3 is 14.4 Å². The Hall–Kier alpha value is -2.61. The van der Waals surface area contributed by atoms with E-state index in [0.717, 1.165) is 0 Å². The van der Waals surface area contributed by atoms with Crippen LogP contribution in [0.3, 0.4) is 0 Å². The zero-order valence-electron chi connectivity index (χ0n) is 9.61. The fraction of sp³-hybridized carbons (Fsp3) is 0.182. The van der Waals surface area contributed by atoms with Crippen LogP contribution in [0.25, 0.3) is 0 Å². The van der Waals surface area contributed by atoms with Crippen LogP contribution in [0.1, 0.15) is 0 Å². The first kappa shape index (κ1) is 12.8. The summed E-state index contributed by atoms with van der Waals surface area (Å²) in [6.07, 6.45) is 0.671. The molecule has 0 unspecified atom stereocenters. The van der Waals surface area contributed by atoms with Crippen molar-refractivity contribution in [3.8, 4) is 5.75 Å². The highest BCUT2D eigenvalue weighted by atomic mass is 17.2. The van der Waals surface area contributed by atoms with Crippen molar-refractivity contribution < 1.29 is 29.0 Å². The SMILES string of the molecule is O=C(OCC1=CCOO1)Oc1ccc([N+](=O)[O-])cc1. The number of carbonyl (C=O) groups is 1. The lowest BCUT2D eigenvalue weighted by Gasteiger charge is -2.05. The van der Waals surface area contributed by atoms with Crippen molar-refractivity contribution in [3.63, 3.8) is 0 Å². The van der Waals surface area contributed by atoms with Crippen LogP contribution >= 0.6 is 0 Å². The average Bonchev–Trinajstić information content (AvgIpc) is 2.90. The number of hydrogen-bond acceptors (Lipinski definition) is 7. The quantitative estimate of drug-likeness (QED) is 0.270. The molecule has 0 saturated heterocycles. The molecule has 1 aromatic rings. The topological polar surface area (TPSA) is 97.1 Å². The van der Waals surface area contributed by atoms with E-state index in [1.807, 2.05) is 0 Å². The molecule has 0 aromatic heterocycles. The van der Waals surface area contributed by atoms with E-state index in [-0.39, 0.29) is 18.0 Å². The van der Waals surface area contributed by atoms with Gasteiger partial charge >= 0.3 is 6.16 Å². The fourth-order valence-corrected chi connectivity index (χ4v) is 1.25. The van der Waals surface area contributed by atoms with E-state index in [0.29, 0.717) is 12.4 Å². The predicted octanol–water partition coefficient (Wildman–Crippen LogP) is 1.96. The van der Waals surface area contributed by atoms with Gasteiger partial charge in [-0.25, -0.2) is 4.79 Å². The van der Waals surface area contributed by atoms with Crippen LogP contribution in [-0.4, -0.2) is 24.3 Å². The molecule has 1 aliphatic heterocycles. The van der Waals surface area contributed by atoms with E-state index in [1.54, 1.807) is 6.08 Å². The van der Waals surface area contributed by atoms with E-state index in [9.17, 15) is 14.9 Å². The molecule has 0 atom stereocenters. The maximum Gasteiger partial charge on any atom is 0.514 e. The first-order valence-electron chi connectivity index (χ1n) is 5.23. The van der Waals surface area contributed by atoms with Crippen molar-refractivity contribution in [1.29, 1.82) is 0 Å². The molecular weight excluding hydrogens is 258 g/mol. The van der Waals surface area contributed by atoms with Crippen LogP contribution in [-0.2, 0) is 14.5 Å². The Balaban J connectivity index is 1.82. The van der Waals surface area contributed by atoms with Gasteiger partial charge in [0.25, 0.3) is 5.69 Å². The molecule has 0 bridgehead atoms. The van der Waals surface area contributed by atoms with Crippen LogP contribution in [0.5, 0.6) is 5.75 Å².